The van der Waals surface area contributed by atoms with Gasteiger partial charge in [0.2, 0.25) is 0 Å². The molecule has 1 rings (SSSR count). The minimum absolute atomic E-state index is 0.131. The molecule has 0 radical (unpaired) electrons. The molecule has 0 atom stereocenters. The predicted octanol–water partition coefficient (Wildman–Crippen LogP) is 0.555. The van der Waals surface area contributed by atoms with Crippen molar-refractivity contribution in [1.29, 1.82) is 0 Å². The summed E-state index contributed by atoms with van der Waals surface area (Å²) in [6.45, 7) is 1.84. The Morgan fingerprint density at radius 1 is 1.77 bits per heavy atom. The third kappa shape index (κ3) is 2.64. The van der Waals surface area contributed by atoms with Crippen LogP contribution in [0.4, 0.5) is 0 Å². The maximum Gasteiger partial charge on any atom is 0.315 e. The van der Waals surface area contributed by atoms with Gasteiger partial charge in [-0.05, 0) is 6.92 Å². The minimum atomic E-state index is -0.908. The highest BCUT2D eigenvalue weighted by molar-refractivity contribution is 5.70. The summed E-state index contributed by atoms with van der Waals surface area (Å²) >= 11 is 0. The molecule has 1 aromatic heterocycles. The zero-order valence-electron chi connectivity index (χ0n) is 7.53. The Hall–Kier alpha value is -1.76. The van der Waals surface area contributed by atoms with E-state index in [1.165, 1.54) is 0 Å². The Kier molecular flexibility index (Phi) is 2.70. The van der Waals surface area contributed by atoms with Crippen LogP contribution in [-0.4, -0.2) is 20.9 Å². The SMILES string of the molecule is Cc1nn(C)cc1C#CCC(=O)O. The second-order valence-electron chi connectivity index (χ2n) is 2.67. The summed E-state index contributed by atoms with van der Waals surface area (Å²) in [5.74, 6) is 4.40. The molecule has 0 amide bonds. The van der Waals surface area contributed by atoms with Gasteiger partial charge in [0, 0.05) is 13.2 Å². The number of aryl methyl sites for hydroxylation is 2. The van der Waals surface area contributed by atoms with Gasteiger partial charge in [-0.25, -0.2) is 0 Å². The van der Waals surface area contributed by atoms with Crippen molar-refractivity contribution in [2.24, 2.45) is 7.05 Å². The van der Waals surface area contributed by atoms with Crippen LogP contribution in [0.1, 0.15) is 17.7 Å². The summed E-state index contributed by atoms with van der Waals surface area (Å²) in [6, 6.07) is 0. The summed E-state index contributed by atoms with van der Waals surface area (Å²) in [5.41, 5.74) is 1.60. The molecule has 0 spiro atoms. The van der Waals surface area contributed by atoms with Gasteiger partial charge >= 0.3 is 5.97 Å². The fourth-order valence-electron chi connectivity index (χ4n) is 0.937. The highest BCUT2D eigenvalue weighted by Gasteiger charge is 1.98. The molecule has 0 aliphatic rings. The van der Waals surface area contributed by atoms with Crippen LogP contribution in [-0.2, 0) is 11.8 Å². The number of nitrogens with zero attached hydrogens (tertiary/aromatic N) is 2. The van der Waals surface area contributed by atoms with Crippen molar-refractivity contribution < 1.29 is 9.90 Å². The molecule has 0 aliphatic heterocycles. The Morgan fingerprint density at radius 3 is 2.92 bits per heavy atom. The second kappa shape index (κ2) is 3.76. The van der Waals surface area contributed by atoms with Gasteiger partial charge in [-0.15, -0.1) is 0 Å². The molecule has 1 aromatic rings. The maximum atomic E-state index is 10.2. The number of hydrogen-bond acceptors (Lipinski definition) is 2. The van der Waals surface area contributed by atoms with Gasteiger partial charge < -0.3 is 5.11 Å². The van der Waals surface area contributed by atoms with Gasteiger partial charge in [-0.2, -0.15) is 5.10 Å². The molecule has 4 heteroatoms. The van der Waals surface area contributed by atoms with Crippen LogP contribution in [0.2, 0.25) is 0 Å². The monoisotopic (exact) mass is 178 g/mol. The molecule has 1 heterocycles. The first kappa shape index (κ1) is 9.33. The van der Waals surface area contributed by atoms with E-state index in [0.29, 0.717) is 0 Å². The van der Waals surface area contributed by atoms with Gasteiger partial charge in [-0.3, -0.25) is 9.48 Å². The lowest BCUT2D eigenvalue weighted by molar-refractivity contribution is -0.135. The van der Waals surface area contributed by atoms with Gasteiger partial charge in [0.1, 0.15) is 6.42 Å². The predicted molar refractivity (Wildman–Crippen MR) is 47.1 cm³/mol. The normalized spacial score (nSPS) is 9.08. The van der Waals surface area contributed by atoms with Crippen LogP contribution < -0.4 is 0 Å². The van der Waals surface area contributed by atoms with E-state index in [0.717, 1.165) is 11.3 Å². The molecular formula is C9H10N2O2. The molecular weight excluding hydrogens is 168 g/mol. The van der Waals surface area contributed by atoms with Crippen molar-refractivity contribution in [2.75, 3.05) is 0 Å². The number of aromatic nitrogens is 2. The molecule has 68 valence electrons. The van der Waals surface area contributed by atoms with E-state index in [1.807, 2.05) is 6.92 Å². The van der Waals surface area contributed by atoms with Crippen molar-refractivity contribution >= 4 is 5.97 Å². The van der Waals surface area contributed by atoms with E-state index in [2.05, 4.69) is 16.9 Å². The lowest BCUT2D eigenvalue weighted by Crippen LogP contribution is -1.90. The largest absolute Gasteiger partial charge is 0.481 e. The molecule has 0 fully saturated rings. The third-order valence-corrected chi connectivity index (χ3v) is 1.48. The van der Waals surface area contributed by atoms with Crippen molar-refractivity contribution in [3.63, 3.8) is 0 Å². The van der Waals surface area contributed by atoms with Crippen molar-refractivity contribution in [1.82, 2.24) is 9.78 Å². The maximum absolute atomic E-state index is 10.2. The van der Waals surface area contributed by atoms with Crippen LogP contribution in [0.25, 0.3) is 0 Å². The number of carboxylic acids is 1. The van der Waals surface area contributed by atoms with Gasteiger partial charge in [0.25, 0.3) is 0 Å². The summed E-state index contributed by atoms with van der Waals surface area (Å²) in [7, 11) is 1.80. The molecule has 13 heavy (non-hydrogen) atoms. The van der Waals surface area contributed by atoms with Crippen LogP contribution in [0, 0.1) is 18.8 Å². The number of carbonyl (C=O) groups is 1. The summed E-state index contributed by atoms with van der Waals surface area (Å²) in [6.07, 6.45) is 1.64. The van der Waals surface area contributed by atoms with E-state index in [9.17, 15) is 4.79 Å². The van der Waals surface area contributed by atoms with Gasteiger partial charge in [-0.1, -0.05) is 11.8 Å². The molecule has 0 unspecified atom stereocenters. The molecule has 0 aliphatic carbocycles. The first-order chi connectivity index (χ1) is 6.09. The Bertz CT molecular complexity index is 382. The van der Waals surface area contributed by atoms with Crippen molar-refractivity contribution in [3.05, 3.63) is 17.5 Å². The minimum Gasteiger partial charge on any atom is -0.481 e. The van der Waals surface area contributed by atoms with E-state index in [4.69, 9.17) is 5.11 Å². The number of aliphatic carboxylic acids is 1. The summed E-state index contributed by atoms with van der Waals surface area (Å²) < 4.78 is 1.65. The number of hydrogen-bond donors (Lipinski definition) is 1. The molecule has 1 N–H and O–H groups in total. The van der Waals surface area contributed by atoms with Gasteiger partial charge in [0.05, 0.1) is 11.3 Å². The second-order valence-corrected chi connectivity index (χ2v) is 2.67. The number of rotatable bonds is 1. The highest BCUT2D eigenvalue weighted by atomic mass is 16.4. The average Bonchev–Trinajstić information content (AvgIpc) is 2.29. The van der Waals surface area contributed by atoms with Crippen molar-refractivity contribution in [3.8, 4) is 11.8 Å². The average molecular weight is 178 g/mol. The van der Waals surface area contributed by atoms with Crippen LogP contribution >= 0.6 is 0 Å². The molecule has 0 bridgehead atoms. The van der Waals surface area contributed by atoms with Crippen LogP contribution in [0.5, 0.6) is 0 Å². The number of carboxylic acid groups (broad SMARTS) is 1. The first-order valence-electron chi connectivity index (χ1n) is 3.80. The van der Waals surface area contributed by atoms with E-state index < -0.39 is 5.97 Å². The van der Waals surface area contributed by atoms with E-state index in [1.54, 1.807) is 17.9 Å². The quantitative estimate of drug-likeness (QED) is 0.639. The highest BCUT2D eigenvalue weighted by Crippen LogP contribution is 2.01. The first-order valence-corrected chi connectivity index (χ1v) is 3.80. The zero-order valence-corrected chi connectivity index (χ0v) is 7.53. The topological polar surface area (TPSA) is 55.1 Å². The molecule has 0 aromatic carbocycles. The van der Waals surface area contributed by atoms with Crippen molar-refractivity contribution in [2.45, 2.75) is 13.3 Å². The smallest absolute Gasteiger partial charge is 0.315 e. The Morgan fingerprint density at radius 2 is 2.46 bits per heavy atom. The molecule has 4 nitrogen and oxygen atoms in total. The summed E-state index contributed by atoms with van der Waals surface area (Å²) in [4.78, 5) is 10.2. The van der Waals surface area contributed by atoms with Crippen LogP contribution in [0.3, 0.4) is 0 Å². The fourth-order valence-corrected chi connectivity index (χ4v) is 0.937. The van der Waals surface area contributed by atoms with E-state index in [-0.39, 0.29) is 6.42 Å². The Balaban J connectivity index is 2.77. The molecule has 0 saturated carbocycles. The lowest BCUT2D eigenvalue weighted by atomic mass is 10.2. The zero-order chi connectivity index (χ0) is 9.84. The van der Waals surface area contributed by atoms with Crippen LogP contribution in [0.15, 0.2) is 6.20 Å². The third-order valence-electron chi connectivity index (χ3n) is 1.48. The standard InChI is InChI=1S/C9H10N2O2/c1-7-8(6-11(2)10-7)4-3-5-9(12)13/h6H,5H2,1-2H3,(H,12,13). The Labute approximate surface area is 76.2 Å². The molecule has 0 saturated heterocycles. The van der Waals surface area contributed by atoms with Gasteiger partial charge in [0.15, 0.2) is 0 Å². The fraction of sp³-hybridized carbons (Fsp3) is 0.333. The van der Waals surface area contributed by atoms with E-state index >= 15 is 0 Å². The lowest BCUT2D eigenvalue weighted by Gasteiger charge is -1.81. The summed E-state index contributed by atoms with van der Waals surface area (Å²) in [5, 5.41) is 12.4.